The van der Waals surface area contributed by atoms with Crippen molar-refractivity contribution in [1.82, 2.24) is 4.98 Å². The van der Waals surface area contributed by atoms with Gasteiger partial charge in [-0.1, -0.05) is 0 Å². The van der Waals surface area contributed by atoms with Crippen molar-refractivity contribution in [2.24, 2.45) is 0 Å². The number of rotatable bonds is 1. The standard InChI is InChI=1S/C12H8BrNO3S/c13-9-4-6-1-2-17-8-3-7(12(15)16)5-14-10(8)11(6)18-9/h3-5H,1-2H2,(H,15,16). The molecule has 0 spiro atoms. The number of hydrogen-bond acceptors (Lipinski definition) is 4. The van der Waals surface area contributed by atoms with E-state index in [1.165, 1.54) is 17.8 Å². The first-order chi connectivity index (χ1) is 8.65. The minimum atomic E-state index is -0.995. The number of carboxylic acids is 1. The van der Waals surface area contributed by atoms with E-state index >= 15 is 0 Å². The van der Waals surface area contributed by atoms with Gasteiger partial charge in [0.25, 0.3) is 0 Å². The molecule has 0 fully saturated rings. The first-order valence-corrected chi connectivity index (χ1v) is 6.91. The maximum absolute atomic E-state index is 10.9. The Bertz CT molecular complexity index is 638. The third kappa shape index (κ3) is 1.91. The van der Waals surface area contributed by atoms with Gasteiger partial charge in [-0.15, -0.1) is 11.3 Å². The third-order valence-electron chi connectivity index (χ3n) is 2.72. The van der Waals surface area contributed by atoms with Crippen LogP contribution in [0, 0.1) is 0 Å². The molecule has 0 radical (unpaired) electrons. The van der Waals surface area contributed by atoms with Gasteiger partial charge in [0.05, 0.1) is 20.8 Å². The van der Waals surface area contributed by atoms with Crippen LogP contribution < -0.4 is 4.74 Å². The minimum absolute atomic E-state index is 0.146. The molecule has 0 aromatic carbocycles. The van der Waals surface area contributed by atoms with E-state index in [0.29, 0.717) is 12.4 Å². The Morgan fingerprint density at radius 3 is 3.11 bits per heavy atom. The molecule has 0 amide bonds. The number of nitrogens with zero attached hydrogens (tertiary/aromatic N) is 1. The van der Waals surface area contributed by atoms with Crippen molar-refractivity contribution in [2.45, 2.75) is 6.42 Å². The molecule has 18 heavy (non-hydrogen) atoms. The molecule has 1 aliphatic rings. The van der Waals surface area contributed by atoms with Crippen LogP contribution in [0.25, 0.3) is 10.6 Å². The van der Waals surface area contributed by atoms with Crippen LogP contribution in [-0.4, -0.2) is 22.7 Å². The lowest BCUT2D eigenvalue weighted by Gasteiger charge is -2.06. The zero-order chi connectivity index (χ0) is 12.7. The van der Waals surface area contributed by atoms with Gasteiger partial charge in [0.2, 0.25) is 0 Å². The maximum Gasteiger partial charge on any atom is 0.337 e. The lowest BCUT2D eigenvalue weighted by molar-refractivity contribution is 0.0696. The highest BCUT2D eigenvalue weighted by molar-refractivity contribution is 9.11. The van der Waals surface area contributed by atoms with Crippen LogP contribution in [0.15, 0.2) is 22.1 Å². The van der Waals surface area contributed by atoms with Crippen molar-refractivity contribution in [1.29, 1.82) is 0 Å². The number of halogens is 1. The average Bonchev–Trinajstić information content (AvgIpc) is 2.62. The molecule has 0 unspecified atom stereocenters. The van der Waals surface area contributed by atoms with E-state index in [0.717, 1.165) is 20.8 Å². The predicted molar refractivity (Wildman–Crippen MR) is 71.4 cm³/mol. The molecular weight excluding hydrogens is 318 g/mol. The van der Waals surface area contributed by atoms with Crippen molar-refractivity contribution >= 4 is 33.2 Å². The number of ether oxygens (including phenoxy) is 1. The molecule has 3 heterocycles. The number of carbonyl (C=O) groups is 1. The summed E-state index contributed by atoms with van der Waals surface area (Å²) in [6, 6.07) is 3.60. The molecule has 0 aliphatic carbocycles. The molecule has 2 aromatic rings. The second-order valence-electron chi connectivity index (χ2n) is 3.88. The Balaban J connectivity index is 2.18. The summed E-state index contributed by atoms with van der Waals surface area (Å²) < 4.78 is 6.63. The summed E-state index contributed by atoms with van der Waals surface area (Å²) in [4.78, 5) is 16.2. The Labute approximate surface area is 115 Å². The zero-order valence-corrected chi connectivity index (χ0v) is 11.5. The van der Waals surface area contributed by atoms with Gasteiger partial charge in [-0.25, -0.2) is 4.79 Å². The van der Waals surface area contributed by atoms with Crippen LogP contribution in [0.5, 0.6) is 5.75 Å². The Morgan fingerprint density at radius 1 is 1.50 bits per heavy atom. The van der Waals surface area contributed by atoms with Crippen molar-refractivity contribution < 1.29 is 14.6 Å². The van der Waals surface area contributed by atoms with Crippen LogP contribution >= 0.6 is 27.3 Å². The summed E-state index contributed by atoms with van der Waals surface area (Å²) in [5.74, 6) is -0.450. The van der Waals surface area contributed by atoms with Crippen LogP contribution in [0.2, 0.25) is 0 Å². The number of fused-ring (bicyclic) bond motifs is 3. The lowest BCUT2D eigenvalue weighted by atomic mass is 10.1. The molecule has 1 N–H and O–H groups in total. The second-order valence-corrected chi connectivity index (χ2v) is 6.31. The highest BCUT2D eigenvalue weighted by Gasteiger charge is 2.21. The Hall–Kier alpha value is -1.40. The van der Waals surface area contributed by atoms with Gasteiger partial charge in [-0.2, -0.15) is 0 Å². The number of hydrogen-bond donors (Lipinski definition) is 1. The topological polar surface area (TPSA) is 59.4 Å². The largest absolute Gasteiger partial charge is 0.491 e. The number of aromatic carboxylic acids is 1. The van der Waals surface area contributed by atoms with Crippen molar-refractivity contribution in [2.75, 3.05) is 6.61 Å². The van der Waals surface area contributed by atoms with E-state index in [2.05, 4.69) is 27.0 Å². The number of aromatic nitrogens is 1. The smallest absolute Gasteiger partial charge is 0.337 e. The van der Waals surface area contributed by atoms with E-state index in [4.69, 9.17) is 9.84 Å². The van der Waals surface area contributed by atoms with Gasteiger partial charge < -0.3 is 9.84 Å². The highest BCUT2D eigenvalue weighted by Crippen LogP contribution is 2.41. The molecule has 0 saturated heterocycles. The first-order valence-electron chi connectivity index (χ1n) is 5.30. The van der Waals surface area contributed by atoms with E-state index in [-0.39, 0.29) is 5.56 Å². The normalized spacial score (nSPS) is 13.2. The van der Waals surface area contributed by atoms with Crippen LogP contribution in [0.4, 0.5) is 0 Å². The average molecular weight is 326 g/mol. The van der Waals surface area contributed by atoms with E-state index < -0.39 is 5.97 Å². The van der Waals surface area contributed by atoms with Gasteiger partial charge in [0, 0.05) is 12.6 Å². The van der Waals surface area contributed by atoms with Gasteiger partial charge in [-0.05, 0) is 33.6 Å². The first kappa shape index (κ1) is 11.7. The molecule has 6 heteroatoms. The molecule has 0 bridgehead atoms. The highest BCUT2D eigenvalue weighted by atomic mass is 79.9. The fourth-order valence-corrected chi connectivity index (χ4v) is 3.59. The molecule has 3 rings (SSSR count). The van der Waals surface area contributed by atoms with Crippen molar-refractivity contribution in [3.63, 3.8) is 0 Å². The maximum atomic E-state index is 10.9. The molecule has 0 atom stereocenters. The molecule has 2 aromatic heterocycles. The van der Waals surface area contributed by atoms with E-state index in [1.807, 2.05) is 0 Å². The lowest BCUT2D eigenvalue weighted by Crippen LogP contribution is -2.02. The number of thiophene rings is 1. The summed E-state index contributed by atoms with van der Waals surface area (Å²) in [5, 5.41) is 8.96. The Morgan fingerprint density at radius 2 is 2.33 bits per heavy atom. The van der Waals surface area contributed by atoms with Gasteiger partial charge >= 0.3 is 5.97 Å². The monoisotopic (exact) mass is 325 g/mol. The summed E-state index contributed by atoms with van der Waals surface area (Å²) in [5.41, 5.74) is 2.05. The fourth-order valence-electron chi connectivity index (χ4n) is 1.89. The Kier molecular flexibility index (Phi) is 2.83. The molecule has 1 aliphatic heterocycles. The van der Waals surface area contributed by atoms with Crippen LogP contribution in [-0.2, 0) is 6.42 Å². The van der Waals surface area contributed by atoms with E-state index in [1.54, 1.807) is 11.3 Å². The van der Waals surface area contributed by atoms with E-state index in [9.17, 15) is 4.79 Å². The SMILES string of the molecule is O=C(O)c1cnc2c(c1)OCCc1cc(Br)sc1-2. The summed E-state index contributed by atoms with van der Waals surface area (Å²) in [7, 11) is 0. The van der Waals surface area contributed by atoms with Crippen LogP contribution in [0.1, 0.15) is 15.9 Å². The summed E-state index contributed by atoms with van der Waals surface area (Å²) >= 11 is 5.05. The molecule has 4 nitrogen and oxygen atoms in total. The zero-order valence-electron chi connectivity index (χ0n) is 9.14. The molecular formula is C12H8BrNO3S. The fraction of sp³-hybridized carbons (Fsp3) is 0.167. The second kappa shape index (κ2) is 4.37. The predicted octanol–water partition coefficient (Wildman–Crippen LogP) is 3.21. The number of carboxylic acid groups (broad SMARTS) is 1. The quantitative estimate of drug-likeness (QED) is 0.874. The van der Waals surface area contributed by atoms with Gasteiger partial charge in [-0.3, -0.25) is 4.98 Å². The van der Waals surface area contributed by atoms with Crippen LogP contribution in [0.3, 0.4) is 0 Å². The molecule has 92 valence electrons. The number of pyridine rings is 1. The third-order valence-corrected chi connectivity index (χ3v) is 4.41. The van der Waals surface area contributed by atoms with Crippen molar-refractivity contribution in [3.8, 4) is 16.3 Å². The van der Waals surface area contributed by atoms with Crippen molar-refractivity contribution in [3.05, 3.63) is 33.2 Å². The minimum Gasteiger partial charge on any atom is -0.491 e. The summed E-state index contributed by atoms with van der Waals surface area (Å²) in [6.07, 6.45) is 2.17. The molecule has 0 saturated carbocycles. The summed E-state index contributed by atoms with van der Waals surface area (Å²) in [6.45, 7) is 0.536. The van der Waals surface area contributed by atoms with Gasteiger partial charge in [0.1, 0.15) is 11.4 Å². The van der Waals surface area contributed by atoms with Gasteiger partial charge in [0.15, 0.2) is 0 Å².